The molecule has 17 heavy (non-hydrogen) atoms. The molecule has 2 rings (SSSR count). The summed E-state index contributed by atoms with van der Waals surface area (Å²) in [6.07, 6.45) is 5.38. The molecule has 2 unspecified atom stereocenters. The molecule has 1 aliphatic carbocycles. The van der Waals surface area contributed by atoms with Crippen molar-refractivity contribution in [2.45, 2.75) is 44.5 Å². The first kappa shape index (κ1) is 12.8. The Morgan fingerprint density at radius 1 is 1.29 bits per heavy atom. The molecule has 1 nitrogen and oxygen atoms in total. The minimum absolute atomic E-state index is 0.600. The molecule has 1 saturated carbocycles. The van der Waals surface area contributed by atoms with E-state index in [0.717, 1.165) is 5.92 Å². The molecule has 1 aromatic rings. The third-order valence-electron chi connectivity index (χ3n) is 3.97. The molecule has 0 aromatic heterocycles. The van der Waals surface area contributed by atoms with Crippen molar-refractivity contribution >= 4 is 17.3 Å². The zero-order valence-electron chi connectivity index (χ0n) is 10.8. The number of hydrogen-bond acceptors (Lipinski definition) is 1. The second-order valence-electron chi connectivity index (χ2n) is 5.30. The molecule has 0 saturated heterocycles. The number of rotatable bonds is 3. The Morgan fingerprint density at radius 3 is 2.76 bits per heavy atom. The quantitative estimate of drug-likeness (QED) is 0.718. The second-order valence-corrected chi connectivity index (χ2v) is 5.57. The first-order valence-corrected chi connectivity index (χ1v) is 7.12. The van der Waals surface area contributed by atoms with Gasteiger partial charge in [-0.25, -0.2) is 0 Å². The molecule has 0 heterocycles. The number of anilines is 1. The van der Waals surface area contributed by atoms with E-state index in [1.54, 1.807) is 0 Å². The van der Waals surface area contributed by atoms with Crippen molar-refractivity contribution in [2.75, 3.05) is 11.9 Å². The summed E-state index contributed by atoms with van der Waals surface area (Å²) in [5, 5.41) is 0. The van der Waals surface area contributed by atoms with Gasteiger partial charge in [0.1, 0.15) is 0 Å². The van der Waals surface area contributed by atoms with Crippen molar-refractivity contribution in [1.29, 1.82) is 0 Å². The van der Waals surface area contributed by atoms with Crippen LogP contribution < -0.4 is 4.90 Å². The summed E-state index contributed by atoms with van der Waals surface area (Å²) in [5.41, 5.74) is 2.55. The van der Waals surface area contributed by atoms with Gasteiger partial charge in [0.05, 0.1) is 0 Å². The maximum atomic E-state index is 6.02. The third-order valence-corrected chi connectivity index (χ3v) is 4.26. The van der Waals surface area contributed by atoms with Gasteiger partial charge in [0.25, 0.3) is 0 Å². The smallest absolute Gasteiger partial charge is 0.0494 e. The van der Waals surface area contributed by atoms with Crippen molar-refractivity contribution in [3.8, 4) is 0 Å². The van der Waals surface area contributed by atoms with E-state index in [2.05, 4.69) is 43.1 Å². The molecule has 1 fully saturated rings. The Hall–Kier alpha value is -0.690. The van der Waals surface area contributed by atoms with Crippen LogP contribution in [0.2, 0.25) is 0 Å². The van der Waals surface area contributed by atoms with Crippen LogP contribution >= 0.6 is 11.6 Å². The van der Waals surface area contributed by atoms with Crippen LogP contribution in [0.3, 0.4) is 0 Å². The monoisotopic (exact) mass is 251 g/mol. The lowest BCUT2D eigenvalue weighted by Crippen LogP contribution is -2.36. The van der Waals surface area contributed by atoms with Crippen LogP contribution in [0, 0.1) is 5.92 Å². The van der Waals surface area contributed by atoms with E-state index in [9.17, 15) is 0 Å². The van der Waals surface area contributed by atoms with Gasteiger partial charge in [0, 0.05) is 24.7 Å². The fourth-order valence-electron chi connectivity index (χ4n) is 2.92. The number of nitrogens with zero attached hydrogens (tertiary/aromatic N) is 1. The van der Waals surface area contributed by atoms with Gasteiger partial charge in [-0.1, -0.05) is 38.0 Å². The number of halogens is 1. The number of hydrogen-bond donors (Lipinski definition) is 0. The molecule has 0 radical (unpaired) electrons. The zero-order valence-corrected chi connectivity index (χ0v) is 11.6. The number of para-hydroxylation sites is 1. The first-order valence-electron chi connectivity index (χ1n) is 6.59. The van der Waals surface area contributed by atoms with Crippen LogP contribution in [0.4, 0.5) is 5.69 Å². The van der Waals surface area contributed by atoms with Gasteiger partial charge < -0.3 is 4.90 Å². The Kier molecular flexibility index (Phi) is 4.33. The van der Waals surface area contributed by atoms with Crippen molar-refractivity contribution in [2.24, 2.45) is 5.92 Å². The van der Waals surface area contributed by atoms with Gasteiger partial charge in [-0.15, -0.1) is 11.6 Å². The summed E-state index contributed by atoms with van der Waals surface area (Å²) in [6.45, 7) is 2.37. The third kappa shape index (κ3) is 2.95. The van der Waals surface area contributed by atoms with Crippen molar-refractivity contribution < 1.29 is 0 Å². The largest absolute Gasteiger partial charge is 0.371 e. The van der Waals surface area contributed by atoms with Crippen LogP contribution in [0.25, 0.3) is 0 Å². The molecule has 1 aromatic carbocycles. The Morgan fingerprint density at radius 2 is 2.06 bits per heavy atom. The molecule has 0 spiro atoms. The molecule has 0 N–H and O–H groups in total. The first-order chi connectivity index (χ1) is 8.22. The lowest BCUT2D eigenvalue weighted by atomic mass is 9.86. The summed E-state index contributed by atoms with van der Waals surface area (Å²) in [4.78, 5) is 2.44. The molecule has 0 bridgehead atoms. The van der Waals surface area contributed by atoms with Crippen molar-refractivity contribution in [1.82, 2.24) is 0 Å². The van der Waals surface area contributed by atoms with Gasteiger partial charge in [0.2, 0.25) is 0 Å². The van der Waals surface area contributed by atoms with Crippen LogP contribution in [0.5, 0.6) is 0 Å². The topological polar surface area (TPSA) is 3.24 Å². The summed E-state index contributed by atoms with van der Waals surface area (Å²) in [7, 11) is 2.22. The van der Waals surface area contributed by atoms with E-state index in [1.807, 2.05) is 0 Å². The Bertz CT molecular complexity index is 364. The molecule has 0 aliphatic heterocycles. The molecule has 0 amide bonds. The number of benzene rings is 1. The molecule has 94 valence electrons. The predicted octanol–water partition coefficient (Wildman–Crippen LogP) is 4.44. The molecule has 1 aliphatic rings. The highest BCUT2D eigenvalue weighted by Gasteiger charge is 2.23. The highest BCUT2D eigenvalue weighted by molar-refractivity contribution is 6.17. The van der Waals surface area contributed by atoms with Crippen LogP contribution in [0.15, 0.2) is 24.3 Å². The standard InChI is InChI=1S/C15H22ClN/c1-12-6-5-8-14(10-12)17(2)15-9-4-3-7-13(15)11-16/h3-4,7,9,12,14H,5-6,8,10-11H2,1-2H3. The van der Waals surface area contributed by atoms with Gasteiger partial charge in [-0.05, 0) is 30.4 Å². The highest BCUT2D eigenvalue weighted by atomic mass is 35.5. The van der Waals surface area contributed by atoms with E-state index in [-0.39, 0.29) is 0 Å². The summed E-state index contributed by atoms with van der Waals surface area (Å²) in [6, 6.07) is 9.18. The second kappa shape index (κ2) is 5.77. The van der Waals surface area contributed by atoms with Gasteiger partial charge in [-0.3, -0.25) is 0 Å². The van der Waals surface area contributed by atoms with Gasteiger partial charge >= 0.3 is 0 Å². The average molecular weight is 252 g/mol. The number of alkyl halides is 1. The zero-order chi connectivity index (χ0) is 12.3. The van der Waals surface area contributed by atoms with E-state index in [1.165, 1.54) is 36.9 Å². The highest BCUT2D eigenvalue weighted by Crippen LogP contribution is 2.31. The van der Waals surface area contributed by atoms with Crippen LogP contribution in [-0.2, 0) is 5.88 Å². The summed E-state index contributed by atoms with van der Waals surface area (Å²) in [5.74, 6) is 1.46. The lowest BCUT2D eigenvalue weighted by Gasteiger charge is -2.36. The van der Waals surface area contributed by atoms with Crippen molar-refractivity contribution in [3.05, 3.63) is 29.8 Å². The minimum Gasteiger partial charge on any atom is -0.371 e. The molecular formula is C15H22ClN. The average Bonchev–Trinajstić information content (AvgIpc) is 2.38. The Balaban J connectivity index is 2.15. The fourth-order valence-corrected chi connectivity index (χ4v) is 3.14. The lowest BCUT2D eigenvalue weighted by molar-refractivity contribution is 0.336. The molecule has 2 atom stereocenters. The van der Waals surface area contributed by atoms with E-state index >= 15 is 0 Å². The van der Waals surface area contributed by atoms with Crippen LogP contribution in [-0.4, -0.2) is 13.1 Å². The maximum Gasteiger partial charge on any atom is 0.0494 e. The van der Waals surface area contributed by atoms with E-state index < -0.39 is 0 Å². The predicted molar refractivity (Wildman–Crippen MR) is 75.8 cm³/mol. The van der Waals surface area contributed by atoms with E-state index in [0.29, 0.717) is 11.9 Å². The van der Waals surface area contributed by atoms with Crippen molar-refractivity contribution in [3.63, 3.8) is 0 Å². The maximum absolute atomic E-state index is 6.02. The van der Waals surface area contributed by atoms with Gasteiger partial charge in [0.15, 0.2) is 0 Å². The normalized spacial score (nSPS) is 24.6. The fraction of sp³-hybridized carbons (Fsp3) is 0.600. The van der Waals surface area contributed by atoms with Gasteiger partial charge in [-0.2, -0.15) is 0 Å². The summed E-state index contributed by atoms with van der Waals surface area (Å²) < 4.78 is 0. The Labute approximate surface area is 110 Å². The molecular weight excluding hydrogens is 230 g/mol. The summed E-state index contributed by atoms with van der Waals surface area (Å²) >= 11 is 6.02. The SMILES string of the molecule is CC1CCCC(N(C)c2ccccc2CCl)C1. The minimum atomic E-state index is 0.600. The van der Waals surface area contributed by atoms with Crippen LogP contribution in [0.1, 0.15) is 38.2 Å². The molecule has 2 heteroatoms. The van der Waals surface area contributed by atoms with E-state index in [4.69, 9.17) is 11.6 Å².